The van der Waals surface area contributed by atoms with Crippen LogP contribution in [0.5, 0.6) is 5.75 Å². The predicted molar refractivity (Wildman–Crippen MR) is 113 cm³/mol. The third-order valence-electron chi connectivity index (χ3n) is 4.58. The van der Waals surface area contributed by atoms with Crippen LogP contribution in [0.25, 0.3) is 11.0 Å². The summed E-state index contributed by atoms with van der Waals surface area (Å²) in [6, 6.07) is 25.1. The molecule has 4 rings (SSSR count). The van der Waals surface area contributed by atoms with Gasteiger partial charge in [0.1, 0.15) is 16.6 Å². The molecule has 0 saturated heterocycles. The molecule has 4 nitrogen and oxygen atoms in total. The summed E-state index contributed by atoms with van der Waals surface area (Å²) in [5, 5.41) is 2.06. The Bertz CT molecular complexity index is 1170. The minimum absolute atomic E-state index is 0.168. The zero-order valence-corrected chi connectivity index (χ0v) is 16.3. The van der Waals surface area contributed by atoms with Crippen molar-refractivity contribution in [1.29, 1.82) is 0 Å². The van der Waals surface area contributed by atoms with E-state index in [4.69, 9.17) is 9.15 Å². The normalized spacial score (nSPS) is 11.5. The lowest BCUT2D eigenvalue weighted by molar-refractivity contribution is 0.340. The van der Waals surface area contributed by atoms with Crippen LogP contribution in [0.2, 0.25) is 0 Å². The molecule has 0 bridgehead atoms. The quantitative estimate of drug-likeness (QED) is 0.384. The van der Waals surface area contributed by atoms with Crippen LogP contribution >= 0.6 is 7.14 Å². The van der Waals surface area contributed by atoms with E-state index < -0.39 is 12.8 Å². The number of hydrogen-bond acceptors (Lipinski definition) is 4. The van der Waals surface area contributed by atoms with E-state index in [0.717, 1.165) is 0 Å². The molecule has 5 heteroatoms. The molecule has 1 heterocycles. The van der Waals surface area contributed by atoms with Gasteiger partial charge < -0.3 is 13.7 Å². The first-order valence-corrected chi connectivity index (χ1v) is 10.8. The van der Waals surface area contributed by atoms with Gasteiger partial charge in [0.25, 0.3) is 0 Å². The van der Waals surface area contributed by atoms with Crippen LogP contribution in [0.3, 0.4) is 0 Å². The lowest BCUT2D eigenvalue weighted by atomic mass is 10.2. The van der Waals surface area contributed by atoms with Crippen molar-refractivity contribution in [1.82, 2.24) is 0 Å². The van der Waals surface area contributed by atoms with Crippen LogP contribution in [-0.4, -0.2) is 6.61 Å². The topological polar surface area (TPSA) is 56.5 Å². The van der Waals surface area contributed by atoms with Crippen LogP contribution in [0.15, 0.2) is 94.1 Å². The average molecular weight is 390 g/mol. The van der Waals surface area contributed by atoms with E-state index in [1.165, 1.54) is 0 Å². The molecular formula is C23H19O4P. The largest absolute Gasteiger partial charge is 0.494 e. The Hall–Kier alpha value is -3.10. The summed E-state index contributed by atoms with van der Waals surface area (Å²) in [4.78, 5) is 12.9. The van der Waals surface area contributed by atoms with Crippen LogP contribution in [-0.2, 0) is 4.57 Å². The predicted octanol–water partition coefficient (Wildman–Crippen LogP) is 3.83. The Labute approximate surface area is 162 Å². The third-order valence-corrected chi connectivity index (χ3v) is 7.62. The van der Waals surface area contributed by atoms with E-state index in [0.29, 0.717) is 33.9 Å². The first kappa shape index (κ1) is 18.3. The molecule has 3 aromatic carbocycles. The molecule has 0 radical (unpaired) electrons. The monoisotopic (exact) mass is 390 g/mol. The molecule has 0 aliphatic rings. The summed E-state index contributed by atoms with van der Waals surface area (Å²) in [6.45, 7) is 2.41. The highest BCUT2D eigenvalue weighted by atomic mass is 31.2. The number of benzene rings is 3. The molecule has 0 saturated carbocycles. The van der Waals surface area contributed by atoms with E-state index in [2.05, 4.69) is 0 Å². The van der Waals surface area contributed by atoms with Gasteiger partial charge in [0.15, 0.2) is 7.14 Å². The van der Waals surface area contributed by atoms with Gasteiger partial charge in [-0.1, -0.05) is 60.7 Å². The second kappa shape index (κ2) is 7.49. The lowest BCUT2D eigenvalue weighted by Crippen LogP contribution is -2.33. The van der Waals surface area contributed by atoms with Gasteiger partial charge in [-0.3, -0.25) is 0 Å². The number of ether oxygens (including phenoxy) is 1. The highest BCUT2D eigenvalue weighted by Crippen LogP contribution is 2.41. The molecule has 1 aromatic heterocycles. The maximum absolute atomic E-state index is 14.4. The van der Waals surface area contributed by atoms with Gasteiger partial charge in [-0.25, -0.2) is 4.79 Å². The fraction of sp³-hybridized carbons (Fsp3) is 0.0870. The van der Waals surface area contributed by atoms with Crippen molar-refractivity contribution in [2.45, 2.75) is 6.92 Å². The minimum atomic E-state index is -3.38. The summed E-state index contributed by atoms with van der Waals surface area (Å²) in [5.41, 5.74) is -0.190. The lowest BCUT2D eigenvalue weighted by Gasteiger charge is -2.19. The molecule has 0 atom stereocenters. The zero-order chi connectivity index (χ0) is 19.6. The van der Waals surface area contributed by atoms with Crippen molar-refractivity contribution in [2.75, 3.05) is 6.61 Å². The molecule has 0 fully saturated rings. The van der Waals surface area contributed by atoms with Gasteiger partial charge in [0.2, 0.25) is 0 Å². The molecule has 28 heavy (non-hydrogen) atoms. The standard InChI is InChI=1S/C23H19O4P/c1-2-26-18-14-13-17-15-22(23(24)27-21(17)16-18)28(25,19-9-5-3-6-10-19)20-11-7-4-8-12-20/h3-16H,2H2,1H3. The van der Waals surface area contributed by atoms with Gasteiger partial charge in [-0.05, 0) is 25.1 Å². The van der Waals surface area contributed by atoms with Gasteiger partial charge in [0.05, 0.1) is 6.61 Å². The molecule has 4 aromatic rings. The van der Waals surface area contributed by atoms with Gasteiger partial charge in [0, 0.05) is 22.1 Å². The van der Waals surface area contributed by atoms with Crippen molar-refractivity contribution in [3.05, 3.63) is 95.3 Å². The van der Waals surface area contributed by atoms with Gasteiger partial charge in [-0.15, -0.1) is 0 Å². The molecule has 0 N–H and O–H groups in total. The van der Waals surface area contributed by atoms with Crippen molar-refractivity contribution in [2.24, 2.45) is 0 Å². The van der Waals surface area contributed by atoms with Crippen molar-refractivity contribution >= 4 is 34.0 Å². The van der Waals surface area contributed by atoms with Crippen molar-refractivity contribution in [3.8, 4) is 5.75 Å². The zero-order valence-electron chi connectivity index (χ0n) is 15.4. The van der Waals surface area contributed by atoms with Crippen molar-refractivity contribution in [3.63, 3.8) is 0 Å². The average Bonchev–Trinajstić information content (AvgIpc) is 2.74. The fourth-order valence-electron chi connectivity index (χ4n) is 3.26. The van der Waals surface area contributed by atoms with Crippen LogP contribution in [0, 0.1) is 0 Å². The maximum atomic E-state index is 14.4. The third kappa shape index (κ3) is 3.17. The summed E-state index contributed by atoms with van der Waals surface area (Å²) in [6.07, 6.45) is 0. The van der Waals surface area contributed by atoms with E-state index in [9.17, 15) is 9.36 Å². The van der Waals surface area contributed by atoms with Gasteiger partial charge in [-0.2, -0.15) is 0 Å². The molecule has 140 valence electrons. The van der Waals surface area contributed by atoms with E-state index in [1.807, 2.05) is 55.5 Å². The smallest absolute Gasteiger partial charge is 0.347 e. The van der Waals surface area contributed by atoms with Crippen LogP contribution < -0.4 is 26.3 Å². The first-order valence-electron chi connectivity index (χ1n) is 9.05. The Morgan fingerprint density at radius 2 is 1.46 bits per heavy atom. The minimum Gasteiger partial charge on any atom is -0.494 e. The first-order chi connectivity index (χ1) is 13.6. The molecule has 0 spiro atoms. The number of hydrogen-bond donors (Lipinski definition) is 0. The van der Waals surface area contributed by atoms with Crippen molar-refractivity contribution < 1.29 is 13.7 Å². The highest BCUT2D eigenvalue weighted by Gasteiger charge is 2.33. The Balaban J connectivity index is 1.98. The van der Waals surface area contributed by atoms with E-state index >= 15 is 0 Å². The SMILES string of the molecule is CCOc1ccc2cc(P(=O)(c3ccccc3)c3ccccc3)c(=O)oc2c1. The second-order valence-electron chi connectivity index (χ2n) is 6.33. The summed E-state index contributed by atoms with van der Waals surface area (Å²) in [7, 11) is -3.38. The molecule has 0 aliphatic carbocycles. The Kier molecular flexibility index (Phi) is 4.89. The Morgan fingerprint density at radius 3 is 2.04 bits per heavy atom. The highest BCUT2D eigenvalue weighted by molar-refractivity contribution is 7.85. The number of fused-ring (bicyclic) bond motifs is 1. The summed E-state index contributed by atoms with van der Waals surface area (Å²) < 4.78 is 25.4. The number of rotatable bonds is 5. The van der Waals surface area contributed by atoms with Gasteiger partial charge >= 0.3 is 5.63 Å². The maximum Gasteiger partial charge on any atom is 0.347 e. The summed E-state index contributed by atoms with van der Waals surface area (Å²) in [5.74, 6) is 0.625. The Morgan fingerprint density at radius 1 is 0.857 bits per heavy atom. The molecular weight excluding hydrogens is 371 g/mol. The molecule has 0 unspecified atom stereocenters. The van der Waals surface area contributed by atoms with E-state index in [1.54, 1.807) is 36.4 Å². The van der Waals surface area contributed by atoms with Crippen LogP contribution in [0.4, 0.5) is 0 Å². The fourth-order valence-corrected chi connectivity index (χ4v) is 5.92. The summed E-state index contributed by atoms with van der Waals surface area (Å²) >= 11 is 0. The molecule has 0 amide bonds. The van der Waals surface area contributed by atoms with E-state index in [-0.39, 0.29) is 5.30 Å². The molecule has 0 aliphatic heterocycles. The second-order valence-corrected chi connectivity index (χ2v) is 9.07. The van der Waals surface area contributed by atoms with Crippen LogP contribution in [0.1, 0.15) is 6.92 Å².